The summed E-state index contributed by atoms with van der Waals surface area (Å²) in [5, 5.41) is 4.24. The Labute approximate surface area is 80.1 Å². The van der Waals surface area contributed by atoms with Crippen LogP contribution < -0.4 is 5.73 Å². The van der Waals surface area contributed by atoms with Gasteiger partial charge in [-0.05, 0) is 35.2 Å². The molecule has 1 aliphatic rings. The molecule has 66 valence electrons. The molecule has 1 aromatic heterocycles. The lowest BCUT2D eigenvalue weighted by atomic mass is 10.2. The summed E-state index contributed by atoms with van der Waals surface area (Å²) in [5.74, 6) is 0. The van der Waals surface area contributed by atoms with Crippen molar-refractivity contribution in [3.8, 4) is 0 Å². The molecule has 3 nitrogen and oxygen atoms in total. The fraction of sp³-hybridized carbons (Fsp3) is 0.625. The van der Waals surface area contributed by atoms with E-state index < -0.39 is 0 Å². The van der Waals surface area contributed by atoms with E-state index in [1.807, 2.05) is 17.1 Å². The van der Waals surface area contributed by atoms with Gasteiger partial charge in [0.25, 0.3) is 0 Å². The van der Waals surface area contributed by atoms with Crippen molar-refractivity contribution in [2.24, 2.45) is 5.73 Å². The highest BCUT2D eigenvalue weighted by atomic mass is 79.9. The summed E-state index contributed by atoms with van der Waals surface area (Å²) in [6, 6.07) is 0.702. The van der Waals surface area contributed by atoms with E-state index in [0.717, 1.165) is 17.3 Å². The highest BCUT2D eigenvalue weighted by Crippen LogP contribution is 2.28. The molecule has 1 fully saturated rings. The van der Waals surface area contributed by atoms with Gasteiger partial charge in [0, 0.05) is 12.2 Å². The van der Waals surface area contributed by atoms with Crippen LogP contribution in [0.3, 0.4) is 0 Å². The highest BCUT2D eigenvalue weighted by molar-refractivity contribution is 9.10. The number of halogens is 1. The molecule has 4 heteroatoms. The van der Waals surface area contributed by atoms with Crippen LogP contribution >= 0.6 is 15.9 Å². The Kier molecular flexibility index (Phi) is 2.19. The summed E-state index contributed by atoms with van der Waals surface area (Å²) in [6.45, 7) is 0. The van der Waals surface area contributed by atoms with Gasteiger partial charge in [-0.15, -0.1) is 0 Å². The SMILES string of the molecule is N[C@H]1CCC[C@H]1n1cc(Br)cn1. The molecule has 2 N–H and O–H groups in total. The number of nitrogens with two attached hydrogens (primary N) is 1. The molecule has 1 aromatic rings. The second-order valence-electron chi connectivity index (χ2n) is 3.30. The first-order valence-electron chi connectivity index (χ1n) is 4.22. The molecule has 1 saturated carbocycles. The first-order valence-corrected chi connectivity index (χ1v) is 5.02. The monoisotopic (exact) mass is 229 g/mol. The van der Waals surface area contributed by atoms with E-state index in [1.165, 1.54) is 6.42 Å². The zero-order valence-corrected chi connectivity index (χ0v) is 8.37. The van der Waals surface area contributed by atoms with E-state index >= 15 is 0 Å². The van der Waals surface area contributed by atoms with E-state index in [1.54, 1.807) is 0 Å². The third-order valence-corrected chi connectivity index (χ3v) is 2.85. The van der Waals surface area contributed by atoms with E-state index in [0.29, 0.717) is 6.04 Å². The minimum Gasteiger partial charge on any atom is -0.326 e. The lowest BCUT2D eigenvalue weighted by Gasteiger charge is -2.15. The summed E-state index contributed by atoms with van der Waals surface area (Å²) in [5.41, 5.74) is 5.94. The van der Waals surface area contributed by atoms with Gasteiger partial charge in [0.1, 0.15) is 0 Å². The van der Waals surface area contributed by atoms with Crippen LogP contribution in [0.15, 0.2) is 16.9 Å². The predicted octanol–water partition coefficient (Wildman–Crippen LogP) is 1.70. The average Bonchev–Trinajstić information content (AvgIpc) is 2.58. The van der Waals surface area contributed by atoms with Crippen LogP contribution in [0.25, 0.3) is 0 Å². The molecule has 1 aliphatic carbocycles. The molecule has 12 heavy (non-hydrogen) atoms. The van der Waals surface area contributed by atoms with Gasteiger partial charge in [-0.3, -0.25) is 4.68 Å². The third-order valence-electron chi connectivity index (χ3n) is 2.44. The molecular weight excluding hydrogens is 218 g/mol. The van der Waals surface area contributed by atoms with Crippen LogP contribution in [-0.2, 0) is 0 Å². The Hall–Kier alpha value is -0.350. The van der Waals surface area contributed by atoms with Gasteiger partial charge in [-0.2, -0.15) is 5.10 Å². The zero-order valence-electron chi connectivity index (χ0n) is 6.78. The van der Waals surface area contributed by atoms with E-state index in [9.17, 15) is 0 Å². The minimum absolute atomic E-state index is 0.289. The molecule has 2 rings (SSSR count). The smallest absolute Gasteiger partial charge is 0.0670 e. The van der Waals surface area contributed by atoms with Crippen molar-refractivity contribution in [2.45, 2.75) is 31.3 Å². The summed E-state index contributed by atoms with van der Waals surface area (Å²) >= 11 is 3.38. The average molecular weight is 230 g/mol. The Morgan fingerprint density at radius 1 is 1.58 bits per heavy atom. The van der Waals surface area contributed by atoms with Gasteiger partial charge in [0.15, 0.2) is 0 Å². The fourth-order valence-electron chi connectivity index (χ4n) is 1.79. The van der Waals surface area contributed by atoms with E-state index in [4.69, 9.17) is 5.73 Å². The predicted molar refractivity (Wildman–Crippen MR) is 50.8 cm³/mol. The maximum absolute atomic E-state index is 5.94. The lowest BCUT2D eigenvalue weighted by Crippen LogP contribution is -2.27. The van der Waals surface area contributed by atoms with Crippen molar-refractivity contribution in [1.29, 1.82) is 0 Å². The third kappa shape index (κ3) is 1.41. The maximum Gasteiger partial charge on any atom is 0.0670 e. The van der Waals surface area contributed by atoms with Crippen molar-refractivity contribution in [3.63, 3.8) is 0 Å². The largest absolute Gasteiger partial charge is 0.326 e. The van der Waals surface area contributed by atoms with E-state index in [-0.39, 0.29) is 6.04 Å². The molecule has 0 aliphatic heterocycles. The van der Waals surface area contributed by atoms with Gasteiger partial charge >= 0.3 is 0 Å². The van der Waals surface area contributed by atoms with Crippen LogP contribution in [0.1, 0.15) is 25.3 Å². The standard InChI is InChI=1S/C8H12BrN3/c9-6-4-11-12(5-6)8-3-1-2-7(8)10/h4-5,7-8H,1-3,10H2/t7-,8+/m0/s1. The van der Waals surface area contributed by atoms with Crippen LogP contribution in [0.5, 0.6) is 0 Å². The number of aromatic nitrogens is 2. The van der Waals surface area contributed by atoms with Gasteiger partial charge in [-0.1, -0.05) is 0 Å². The van der Waals surface area contributed by atoms with Crippen LogP contribution in [-0.4, -0.2) is 15.8 Å². The molecule has 0 amide bonds. The Morgan fingerprint density at radius 2 is 2.42 bits per heavy atom. The first kappa shape index (κ1) is 8.26. The molecule has 1 heterocycles. The molecule has 0 bridgehead atoms. The number of nitrogens with zero attached hydrogens (tertiary/aromatic N) is 2. The maximum atomic E-state index is 5.94. The summed E-state index contributed by atoms with van der Waals surface area (Å²) in [6.07, 6.45) is 7.32. The van der Waals surface area contributed by atoms with Gasteiger partial charge in [0.2, 0.25) is 0 Å². The summed E-state index contributed by atoms with van der Waals surface area (Å²) in [4.78, 5) is 0. The zero-order chi connectivity index (χ0) is 8.55. The lowest BCUT2D eigenvalue weighted by molar-refractivity contribution is 0.421. The fourth-order valence-corrected chi connectivity index (χ4v) is 2.10. The number of hydrogen-bond acceptors (Lipinski definition) is 2. The molecular formula is C8H12BrN3. The quantitative estimate of drug-likeness (QED) is 0.797. The van der Waals surface area contributed by atoms with Crippen molar-refractivity contribution < 1.29 is 0 Å². The summed E-state index contributed by atoms with van der Waals surface area (Å²) < 4.78 is 3.00. The van der Waals surface area contributed by atoms with Crippen molar-refractivity contribution in [3.05, 3.63) is 16.9 Å². The first-order chi connectivity index (χ1) is 5.77. The minimum atomic E-state index is 0.289. The molecule has 2 atom stereocenters. The highest BCUT2D eigenvalue weighted by Gasteiger charge is 2.25. The Bertz CT molecular complexity index is 271. The molecule has 0 unspecified atom stereocenters. The molecule has 0 spiro atoms. The second-order valence-corrected chi connectivity index (χ2v) is 4.22. The summed E-state index contributed by atoms with van der Waals surface area (Å²) in [7, 11) is 0. The topological polar surface area (TPSA) is 43.8 Å². The van der Waals surface area contributed by atoms with Crippen LogP contribution in [0.2, 0.25) is 0 Å². The van der Waals surface area contributed by atoms with Crippen LogP contribution in [0, 0.1) is 0 Å². The van der Waals surface area contributed by atoms with Crippen molar-refractivity contribution in [2.75, 3.05) is 0 Å². The van der Waals surface area contributed by atoms with Crippen molar-refractivity contribution in [1.82, 2.24) is 9.78 Å². The molecule has 0 aromatic carbocycles. The van der Waals surface area contributed by atoms with E-state index in [2.05, 4.69) is 21.0 Å². The van der Waals surface area contributed by atoms with Crippen molar-refractivity contribution >= 4 is 15.9 Å². The van der Waals surface area contributed by atoms with Gasteiger partial charge < -0.3 is 5.73 Å². The Balaban J connectivity index is 2.19. The molecule has 0 radical (unpaired) electrons. The molecule has 0 saturated heterocycles. The second kappa shape index (κ2) is 3.18. The number of hydrogen-bond donors (Lipinski definition) is 1. The number of rotatable bonds is 1. The van der Waals surface area contributed by atoms with Gasteiger partial charge in [0.05, 0.1) is 16.7 Å². The Morgan fingerprint density at radius 3 is 2.92 bits per heavy atom. The normalized spacial score (nSPS) is 29.5. The van der Waals surface area contributed by atoms with Gasteiger partial charge in [-0.25, -0.2) is 0 Å². The van der Waals surface area contributed by atoms with Crippen LogP contribution in [0.4, 0.5) is 0 Å².